The maximum Gasteiger partial charge on any atom is 0.348 e. The number of rotatable bonds is 29. The van der Waals surface area contributed by atoms with Gasteiger partial charge in [0.2, 0.25) is 11.8 Å². The van der Waals surface area contributed by atoms with Crippen LogP contribution in [0.3, 0.4) is 0 Å². The normalized spacial score (nSPS) is 16.4. The Hall–Kier alpha value is -5.24. The number of aliphatic carboxylic acids is 1. The topological polar surface area (TPSA) is 246 Å². The molecule has 0 saturated heterocycles. The van der Waals surface area contributed by atoms with Gasteiger partial charge in [-0.05, 0) is 179 Å². The van der Waals surface area contributed by atoms with E-state index in [1.165, 1.54) is 0 Å². The molecule has 21 heteroatoms. The van der Waals surface area contributed by atoms with Crippen LogP contribution in [0.2, 0.25) is 0 Å². The monoisotopic (exact) mass is 1200 g/mol. The molecule has 1 aliphatic rings. The molecule has 0 radical (unpaired) electrons. The molecule has 0 aromatic heterocycles. The summed E-state index contributed by atoms with van der Waals surface area (Å²) >= 11 is 0. The molecule has 2 atom stereocenters. The van der Waals surface area contributed by atoms with Gasteiger partial charge in [0.05, 0.1) is 37.4 Å². The standard InChI is InChI=1S/C63H102N5O15P/c1-58(2,3)78-52(70)40-66(41-53(71)79-59(4,5)6)34-36-68(37-35-67(42-54(72)80-60(7,8)9)43-55(73)81-61(10,11)12)51(84(77,82-62(13,14)15)83-63(16,17)18)33-32-50(69)64-39-45-26-30-48(31-27-45)56(74)65-49(57(75)76)38-44-24-28-47(29-25-44)46-22-20-19-21-23-46/h19-25,28-29,45,48-49,51H,26-27,30-43H2,1-18H3,(H,64,69)(H,65,74)(H,75,76)/t45-,48-,49-,51?/m0/s1. The van der Waals surface area contributed by atoms with Gasteiger partial charge in [-0.1, -0.05) is 54.6 Å². The number of carbonyl (C=O) groups is 7. The molecule has 20 nitrogen and oxygen atoms in total. The number of ether oxygens (including phenoxy) is 4. The van der Waals surface area contributed by atoms with Crippen LogP contribution >= 0.6 is 7.60 Å². The fourth-order valence-corrected chi connectivity index (χ4v) is 12.4. The highest BCUT2D eigenvalue weighted by atomic mass is 31.2. The van der Waals surface area contributed by atoms with E-state index >= 15 is 4.57 Å². The molecule has 84 heavy (non-hydrogen) atoms. The maximum atomic E-state index is 16.0. The molecule has 2 aromatic rings. The number of carboxylic acid groups (broad SMARTS) is 1. The Balaban J connectivity index is 1.96. The second kappa shape index (κ2) is 31.4. The first-order chi connectivity index (χ1) is 38.4. The number of amides is 2. The smallest absolute Gasteiger partial charge is 0.348 e. The molecule has 0 spiro atoms. The lowest BCUT2D eigenvalue weighted by atomic mass is 9.81. The average Bonchev–Trinajstić information content (AvgIpc) is 1.84. The highest BCUT2D eigenvalue weighted by molar-refractivity contribution is 7.54. The van der Waals surface area contributed by atoms with Crippen LogP contribution in [0.4, 0.5) is 0 Å². The second-order valence-corrected chi connectivity index (χ2v) is 30.0. The van der Waals surface area contributed by atoms with E-state index < -0.39 is 88.8 Å². The molecule has 1 saturated carbocycles. The molecule has 3 N–H and O–H groups in total. The van der Waals surface area contributed by atoms with E-state index in [1.54, 1.807) is 139 Å². The molecule has 1 aliphatic carbocycles. The third-order valence-electron chi connectivity index (χ3n) is 12.6. The SMILES string of the molecule is CC(C)(C)OC(=O)CN(CCN(CCN(CC(=O)OC(C)(C)C)CC(=O)OC(C)(C)C)C(CCC(=O)NC[C@H]1CC[C@H](C(=O)N[C@@H](Cc2ccc(-c3ccccc3)cc2)C(=O)O)CC1)P(=O)(OC(C)(C)C)OC(C)(C)C)CC(=O)OC(C)(C)C. The van der Waals surface area contributed by atoms with Crippen molar-refractivity contribution in [2.45, 2.75) is 215 Å². The summed E-state index contributed by atoms with van der Waals surface area (Å²) in [5, 5.41) is 15.9. The van der Waals surface area contributed by atoms with E-state index in [2.05, 4.69) is 10.6 Å². The number of carbonyl (C=O) groups excluding carboxylic acids is 6. The number of esters is 4. The van der Waals surface area contributed by atoms with Gasteiger partial charge in [-0.3, -0.25) is 48.0 Å². The van der Waals surface area contributed by atoms with Gasteiger partial charge in [0.25, 0.3) is 0 Å². The minimum atomic E-state index is -4.37. The van der Waals surface area contributed by atoms with Gasteiger partial charge in [0.1, 0.15) is 34.2 Å². The van der Waals surface area contributed by atoms with Crippen molar-refractivity contribution in [3.8, 4) is 11.1 Å². The Morgan fingerprint density at radius 3 is 1.31 bits per heavy atom. The van der Waals surface area contributed by atoms with Crippen LogP contribution in [-0.2, 0) is 72.5 Å². The van der Waals surface area contributed by atoms with Gasteiger partial charge < -0.3 is 43.7 Å². The van der Waals surface area contributed by atoms with Gasteiger partial charge in [0, 0.05) is 51.5 Å². The Morgan fingerprint density at radius 1 is 0.548 bits per heavy atom. The van der Waals surface area contributed by atoms with Crippen LogP contribution in [0.15, 0.2) is 54.6 Å². The van der Waals surface area contributed by atoms with Gasteiger partial charge in [0.15, 0.2) is 0 Å². The number of hydrogen-bond acceptors (Lipinski definition) is 17. The van der Waals surface area contributed by atoms with Crippen LogP contribution in [0.1, 0.15) is 169 Å². The van der Waals surface area contributed by atoms with E-state index in [4.69, 9.17) is 28.0 Å². The Labute approximate surface area is 501 Å². The lowest BCUT2D eigenvalue weighted by molar-refractivity contribution is -0.162. The number of benzene rings is 2. The molecule has 1 unspecified atom stereocenters. The zero-order chi connectivity index (χ0) is 63.6. The summed E-state index contributed by atoms with van der Waals surface area (Å²) in [6.45, 7) is 30.1. The fourth-order valence-electron chi connectivity index (χ4n) is 9.47. The number of nitrogens with zero attached hydrogens (tertiary/aromatic N) is 3. The van der Waals surface area contributed by atoms with Crippen molar-refractivity contribution in [3.05, 3.63) is 60.2 Å². The van der Waals surface area contributed by atoms with E-state index in [0.29, 0.717) is 32.2 Å². The van der Waals surface area contributed by atoms with Crippen LogP contribution in [0, 0.1) is 11.8 Å². The van der Waals surface area contributed by atoms with Crippen molar-refractivity contribution in [1.29, 1.82) is 0 Å². The first-order valence-electron chi connectivity index (χ1n) is 29.5. The lowest BCUT2D eigenvalue weighted by Crippen LogP contribution is -2.49. The number of hydrogen-bond donors (Lipinski definition) is 3. The summed E-state index contributed by atoms with van der Waals surface area (Å²) < 4.78 is 51.7. The first kappa shape index (κ1) is 73.0. The van der Waals surface area contributed by atoms with E-state index in [0.717, 1.165) is 16.7 Å². The van der Waals surface area contributed by atoms with Crippen molar-refractivity contribution in [1.82, 2.24) is 25.3 Å². The van der Waals surface area contributed by atoms with Gasteiger partial charge in [-0.2, -0.15) is 0 Å². The molecular weight excluding hydrogens is 1100 g/mol. The lowest BCUT2D eigenvalue weighted by Gasteiger charge is -2.42. The van der Waals surface area contributed by atoms with Gasteiger partial charge in [-0.25, -0.2) is 4.79 Å². The highest BCUT2D eigenvalue weighted by Gasteiger charge is 2.46. The first-order valence-corrected chi connectivity index (χ1v) is 31.1. The van der Waals surface area contributed by atoms with Gasteiger partial charge in [-0.15, -0.1) is 0 Å². The van der Waals surface area contributed by atoms with Crippen molar-refractivity contribution in [2.24, 2.45) is 11.8 Å². The molecule has 0 heterocycles. The van der Waals surface area contributed by atoms with E-state index in [1.807, 2.05) is 54.6 Å². The molecule has 474 valence electrons. The van der Waals surface area contributed by atoms with E-state index in [9.17, 15) is 38.7 Å². The summed E-state index contributed by atoms with van der Waals surface area (Å²) in [6.07, 6.45) is 2.08. The summed E-state index contributed by atoms with van der Waals surface area (Å²) in [5.74, 6) is -5.79. The summed E-state index contributed by atoms with van der Waals surface area (Å²) in [4.78, 5) is 98.9. The fraction of sp³-hybridized carbons (Fsp3) is 0.698. The molecule has 0 aliphatic heterocycles. The molecule has 0 bridgehead atoms. The number of nitrogens with one attached hydrogen (secondary N) is 2. The maximum absolute atomic E-state index is 16.0. The minimum absolute atomic E-state index is 0.00894. The molecule has 3 rings (SSSR count). The zero-order valence-electron chi connectivity index (χ0n) is 53.8. The molecule has 1 fully saturated rings. The third kappa shape index (κ3) is 30.2. The largest absolute Gasteiger partial charge is 0.480 e. The Kier molecular flexibility index (Phi) is 27.3. The second-order valence-electron chi connectivity index (χ2n) is 28.0. The molecule has 2 amide bonds. The van der Waals surface area contributed by atoms with Gasteiger partial charge >= 0.3 is 37.4 Å². The quantitative estimate of drug-likeness (QED) is 0.0390. The van der Waals surface area contributed by atoms with Crippen LogP contribution in [0.5, 0.6) is 0 Å². The third-order valence-corrected chi connectivity index (χ3v) is 15.6. The van der Waals surface area contributed by atoms with Crippen molar-refractivity contribution in [2.75, 3.05) is 58.9 Å². The minimum Gasteiger partial charge on any atom is -0.480 e. The molecule has 2 aromatic carbocycles. The van der Waals surface area contributed by atoms with Crippen LogP contribution in [-0.4, -0.2) is 166 Å². The highest BCUT2D eigenvalue weighted by Crippen LogP contribution is 2.60. The van der Waals surface area contributed by atoms with Crippen LogP contribution < -0.4 is 10.6 Å². The summed E-state index contributed by atoms with van der Waals surface area (Å²) in [6, 6.07) is 16.4. The molecular formula is C63H102N5O15P. The summed E-state index contributed by atoms with van der Waals surface area (Å²) in [5.41, 5.74) is -2.67. The number of carboxylic acids is 1. The predicted molar refractivity (Wildman–Crippen MR) is 324 cm³/mol. The van der Waals surface area contributed by atoms with Crippen molar-refractivity contribution in [3.63, 3.8) is 0 Å². The van der Waals surface area contributed by atoms with Crippen LogP contribution in [0.25, 0.3) is 11.1 Å². The Bertz CT molecular complexity index is 2360. The van der Waals surface area contributed by atoms with Crippen molar-refractivity contribution >= 4 is 49.3 Å². The predicted octanol–water partition coefficient (Wildman–Crippen LogP) is 9.59. The van der Waals surface area contributed by atoms with E-state index in [-0.39, 0.29) is 89.4 Å². The zero-order valence-corrected chi connectivity index (χ0v) is 54.7. The summed E-state index contributed by atoms with van der Waals surface area (Å²) in [7, 11) is -4.37. The van der Waals surface area contributed by atoms with Crippen molar-refractivity contribution < 1.29 is 71.2 Å². The average molecular weight is 1200 g/mol. The Morgan fingerprint density at radius 2 is 0.940 bits per heavy atom.